The molecule has 0 aromatic heterocycles. The number of hydrogen-bond donors (Lipinski definition) is 1. The topological polar surface area (TPSA) is 47.6 Å². The monoisotopic (exact) mass is 347 g/mol. The average Bonchev–Trinajstić information content (AvgIpc) is 2.37. The van der Waals surface area contributed by atoms with Crippen molar-refractivity contribution >= 4 is 33.4 Å². The number of carbonyl (C=O) groups is 1. The van der Waals surface area contributed by atoms with Crippen LogP contribution in [-0.2, 0) is 4.79 Å². The van der Waals surface area contributed by atoms with E-state index >= 15 is 0 Å². The van der Waals surface area contributed by atoms with E-state index in [4.69, 9.17) is 21.1 Å². The van der Waals surface area contributed by atoms with E-state index in [9.17, 15) is 4.79 Å². The van der Waals surface area contributed by atoms with Crippen LogP contribution in [-0.4, -0.2) is 25.2 Å². The van der Waals surface area contributed by atoms with E-state index in [-0.39, 0.29) is 11.9 Å². The first-order valence-electron chi connectivity index (χ1n) is 6.02. The summed E-state index contributed by atoms with van der Waals surface area (Å²) in [6.07, 6.45) is 0. The van der Waals surface area contributed by atoms with E-state index < -0.39 is 5.38 Å². The summed E-state index contributed by atoms with van der Waals surface area (Å²) >= 11 is 9.59. The summed E-state index contributed by atoms with van der Waals surface area (Å²) in [5, 5.41) is 2.03. The second kappa shape index (κ2) is 6.01. The predicted molar refractivity (Wildman–Crippen MR) is 77.0 cm³/mol. The number of amides is 1. The van der Waals surface area contributed by atoms with Crippen molar-refractivity contribution in [3.05, 3.63) is 22.2 Å². The molecule has 19 heavy (non-hydrogen) atoms. The third kappa shape index (κ3) is 3.34. The van der Waals surface area contributed by atoms with Crippen molar-refractivity contribution in [1.82, 2.24) is 5.32 Å². The number of alkyl halides is 1. The molecule has 0 bridgehead atoms. The molecule has 1 aliphatic rings. The van der Waals surface area contributed by atoms with Crippen LogP contribution in [0, 0.1) is 0 Å². The Morgan fingerprint density at radius 2 is 2.05 bits per heavy atom. The Balaban J connectivity index is 2.25. The van der Waals surface area contributed by atoms with Crippen LogP contribution in [0.5, 0.6) is 11.5 Å². The minimum Gasteiger partial charge on any atom is -0.486 e. The van der Waals surface area contributed by atoms with Crippen molar-refractivity contribution in [1.29, 1.82) is 0 Å². The SMILES string of the molecule is CC(C)NC(=O)C(Cl)c1cc(Br)c2c(c1)OCCO2. The highest BCUT2D eigenvalue weighted by Crippen LogP contribution is 2.40. The summed E-state index contributed by atoms with van der Waals surface area (Å²) in [5.41, 5.74) is 0.677. The van der Waals surface area contributed by atoms with Gasteiger partial charge in [-0.2, -0.15) is 0 Å². The molecule has 1 amide bonds. The Labute approximate surface area is 125 Å². The van der Waals surface area contributed by atoms with Crippen molar-refractivity contribution in [3.63, 3.8) is 0 Å². The fourth-order valence-electron chi connectivity index (χ4n) is 1.79. The van der Waals surface area contributed by atoms with Crippen LogP contribution in [0.4, 0.5) is 0 Å². The molecule has 0 saturated carbocycles. The second-order valence-electron chi connectivity index (χ2n) is 4.55. The van der Waals surface area contributed by atoms with Crippen molar-refractivity contribution in [3.8, 4) is 11.5 Å². The molecule has 2 rings (SSSR count). The van der Waals surface area contributed by atoms with Crippen molar-refractivity contribution in [2.24, 2.45) is 0 Å². The van der Waals surface area contributed by atoms with Gasteiger partial charge < -0.3 is 14.8 Å². The predicted octanol–water partition coefficient (Wildman–Crippen LogP) is 3.02. The largest absolute Gasteiger partial charge is 0.486 e. The van der Waals surface area contributed by atoms with E-state index in [1.807, 2.05) is 13.8 Å². The Kier molecular flexibility index (Phi) is 4.58. The molecule has 104 valence electrons. The van der Waals surface area contributed by atoms with Crippen molar-refractivity contribution < 1.29 is 14.3 Å². The van der Waals surface area contributed by atoms with E-state index in [2.05, 4.69) is 21.2 Å². The van der Waals surface area contributed by atoms with Gasteiger partial charge in [0.05, 0.1) is 4.47 Å². The summed E-state index contributed by atoms with van der Waals surface area (Å²) < 4.78 is 11.7. The maximum absolute atomic E-state index is 11.9. The third-order valence-electron chi connectivity index (χ3n) is 2.57. The summed E-state index contributed by atoms with van der Waals surface area (Å²) in [4.78, 5) is 11.9. The van der Waals surface area contributed by atoms with Gasteiger partial charge in [0.25, 0.3) is 0 Å². The normalized spacial score (nSPS) is 15.2. The van der Waals surface area contributed by atoms with Crippen molar-refractivity contribution in [2.75, 3.05) is 13.2 Å². The zero-order valence-electron chi connectivity index (χ0n) is 10.7. The van der Waals surface area contributed by atoms with Gasteiger partial charge in [-0.15, -0.1) is 11.6 Å². The highest BCUT2D eigenvalue weighted by molar-refractivity contribution is 9.10. The Morgan fingerprint density at radius 3 is 2.74 bits per heavy atom. The first-order chi connectivity index (χ1) is 8.99. The van der Waals surface area contributed by atoms with E-state index in [1.165, 1.54) is 0 Å². The molecule has 1 aromatic rings. The Morgan fingerprint density at radius 1 is 1.37 bits per heavy atom. The smallest absolute Gasteiger partial charge is 0.242 e. The molecule has 4 nitrogen and oxygen atoms in total. The first kappa shape index (κ1) is 14.5. The molecule has 0 aliphatic carbocycles. The molecule has 0 radical (unpaired) electrons. The van der Waals surface area contributed by atoms with Crippen LogP contribution < -0.4 is 14.8 Å². The number of carbonyl (C=O) groups excluding carboxylic acids is 1. The van der Waals surface area contributed by atoms with Crippen LogP contribution in [0.3, 0.4) is 0 Å². The van der Waals surface area contributed by atoms with Gasteiger partial charge in [-0.25, -0.2) is 0 Å². The maximum Gasteiger partial charge on any atom is 0.242 e. The third-order valence-corrected chi connectivity index (χ3v) is 3.61. The molecular weight excluding hydrogens is 334 g/mol. The van der Waals surface area contributed by atoms with Gasteiger partial charge in [-0.3, -0.25) is 4.79 Å². The maximum atomic E-state index is 11.9. The molecule has 1 unspecified atom stereocenters. The second-order valence-corrected chi connectivity index (χ2v) is 5.84. The molecule has 1 N–H and O–H groups in total. The fourth-order valence-corrected chi connectivity index (χ4v) is 2.55. The molecular formula is C13H15BrClNO3. The minimum absolute atomic E-state index is 0.0504. The van der Waals surface area contributed by atoms with Crippen LogP contribution in [0.2, 0.25) is 0 Å². The molecule has 1 atom stereocenters. The summed E-state index contributed by atoms with van der Waals surface area (Å²) in [7, 11) is 0. The van der Waals surface area contributed by atoms with Crippen LogP contribution >= 0.6 is 27.5 Å². The summed E-state index contributed by atoms with van der Waals surface area (Å²) in [5.74, 6) is 1.04. The lowest BCUT2D eigenvalue weighted by Crippen LogP contribution is -2.32. The highest BCUT2D eigenvalue weighted by Gasteiger charge is 2.23. The lowest BCUT2D eigenvalue weighted by molar-refractivity contribution is -0.121. The molecule has 1 aromatic carbocycles. The number of rotatable bonds is 3. The van der Waals surface area contributed by atoms with E-state index in [1.54, 1.807) is 12.1 Å². The summed E-state index contributed by atoms with van der Waals surface area (Å²) in [6.45, 7) is 4.79. The van der Waals surface area contributed by atoms with Gasteiger partial charge >= 0.3 is 0 Å². The molecule has 1 aliphatic heterocycles. The van der Waals surface area contributed by atoms with Crippen LogP contribution in [0.15, 0.2) is 16.6 Å². The Bertz CT molecular complexity index is 493. The molecule has 0 spiro atoms. The van der Waals surface area contributed by atoms with Crippen LogP contribution in [0.1, 0.15) is 24.8 Å². The lowest BCUT2D eigenvalue weighted by Gasteiger charge is -2.21. The fraction of sp³-hybridized carbons (Fsp3) is 0.462. The van der Waals surface area contributed by atoms with Gasteiger partial charge in [-0.05, 0) is 47.5 Å². The van der Waals surface area contributed by atoms with E-state index in [0.717, 1.165) is 4.47 Å². The number of nitrogens with one attached hydrogen (secondary N) is 1. The number of fused-ring (bicyclic) bond motifs is 1. The number of benzene rings is 1. The van der Waals surface area contributed by atoms with Gasteiger partial charge in [0.15, 0.2) is 11.5 Å². The van der Waals surface area contributed by atoms with Crippen LogP contribution in [0.25, 0.3) is 0 Å². The average molecular weight is 349 g/mol. The summed E-state index contributed by atoms with van der Waals surface area (Å²) in [6, 6.07) is 3.58. The Hall–Kier alpha value is -0.940. The quantitative estimate of drug-likeness (QED) is 0.854. The molecule has 1 heterocycles. The minimum atomic E-state index is -0.755. The van der Waals surface area contributed by atoms with E-state index in [0.29, 0.717) is 30.3 Å². The number of hydrogen-bond acceptors (Lipinski definition) is 3. The molecule has 6 heteroatoms. The molecule has 0 fully saturated rings. The number of halogens is 2. The lowest BCUT2D eigenvalue weighted by atomic mass is 10.1. The van der Waals surface area contributed by atoms with Gasteiger partial charge in [-0.1, -0.05) is 0 Å². The van der Waals surface area contributed by atoms with Gasteiger partial charge in [0, 0.05) is 6.04 Å². The number of ether oxygens (including phenoxy) is 2. The van der Waals surface area contributed by atoms with Gasteiger partial charge in [0.2, 0.25) is 5.91 Å². The zero-order chi connectivity index (χ0) is 14.0. The highest BCUT2D eigenvalue weighted by atomic mass is 79.9. The first-order valence-corrected chi connectivity index (χ1v) is 7.25. The molecule has 0 saturated heterocycles. The zero-order valence-corrected chi connectivity index (χ0v) is 13.0. The van der Waals surface area contributed by atoms with Gasteiger partial charge in [0.1, 0.15) is 18.6 Å². The standard InChI is InChI=1S/C13H15BrClNO3/c1-7(2)16-13(17)11(15)8-5-9(14)12-10(6-8)18-3-4-19-12/h5-7,11H,3-4H2,1-2H3,(H,16,17). The van der Waals surface area contributed by atoms with Crippen molar-refractivity contribution in [2.45, 2.75) is 25.3 Å².